The molecule has 2 rings (SSSR count). The Hall–Kier alpha value is -1.00. The fourth-order valence-electron chi connectivity index (χ4n) is 2.03. The minimum absolute atomic E-state index is 0. The van der Waals surface area contributed by atoms with E-state index in [4.69, 9.17) is 0 Å². The summed E-state index contributed by atoms with van der Waals surface area (Å²) in [5, 5.41) is 0. The third kappa shape index (κ3) is 8.44. The Balaban J connectivity index is 0. The zero-order valence-corrected chi connectivity index (χ0v) is 15.7. The predicted molar refractivity (Wildman–Crippen MR) is 81.3 cm³/mol. The molecular weight excluding hydrogens is 319 g/mol. The number of aromatic amines is 2. The van der Waals surface area contributed by atoms with Gasteiger partial charge in [0.1, 0.15) is 24.8 Å². The van der Waals surface area contributed by atoms with E-state index in [2.05, 4.69) is 59.2 Å². The van der Waals surface area contributed by atoms with E-state index in [9.17, 15) is 0 Å². The highest BCUT2D eigenvalue weighted by Gasteiger charge is 2.02. The van der Waals surface area contributed by atoms with Crippen LogP contribution in [0.25, 0.3) is 0 Å². The first-order valence-electron chi connectivity index (χ1n) is 7.75. The molecule has 0 bridgehead atoms. The van der Waals surface area contributed by atoms with Crippen LogP contribution in [0.3, 0.4) is 0 Å². The molecule has 0 spiro atoms. The first kappa shape index (κ1) is 23.3. The van der Waals surface area contributed by atoms with E-state index < -0.39 is 0 Å². The Morgan fingerprint density at radius 2 is 1.14 bits per heavy atom. The van der Waals surface area contributed by atoms with E-state index in [-0.39, 0.29) is 24.8 Å². The summed E-state index contributed by atoms with van der Waals surface area (Å²) < 4.78 is 4.48. The number of unbranched alkanes of at least 4 members (excludes halogenated alkanes) is 2. The summed E-state index contributed by atoms with van der Waals surface area (Å²) in [6.07, 6.45) is 13.2. The summed E-state index contributed by atoms with van der Waals surface area (Å²) >= 11 is 0. The molecule has 0 aliphatic carbocycles. The Morgan fingerprint density at radius 3 is 1.36 bits per heavy atom. The number of halogens is 2. The number of aryl methyl sites for hydroxylation is 4. The molecule has 22 heavy (non-hydrogen) atoms. The van der Waals surface area contributed by atoms with E-state index in [1.807, 2.05) is 12.4 Å². The summed E-state index contributed by atoms with van der Waals surface area (Å²) in [4.78, 5) is 6.28. The van der Waals surface area contributed by atoms with Gasteiger partial charge in [0.05, 0.1) is 13.1 Å². The van der Waals surface area contributed by atoms with Crippen molar-refractivity contribution in [1.82, 2.24) is 9.97 Å². The standard InChI is InChI=1S/2C8H14N2.2ClH/c2*1-3-4-6-10-7-5-9-8(10)2;;/h2*5,7H,3-4,6H2,1-2H3;2*1H. The summed E-state index contributed by atoms with van der Waals surface area (Å²) in [5.41, 5.74) is 0. The van der Waals surface area contributed by atoms with E-state index in [0.29, 0.717) is 0 Å². The smallest absolute Gasteiger partial charge is 0.251 e. The van der Waals surface area contributed by atoms with Crippen molar-refractivity contribution in [3.05, 3.63) is 36.4 Å². The van der Waals surface area contributed by atoms with Gasteiger partial charge in [-0.25, -0.2) is 19.1 Å². The second kappa shape index (κ2) is 13.6. The highest BCUT2D eigenvalue weighted by molar-refractivity contribution is 4.70. The fraction of sp³-hybridized carbons (Fsp3) is 0.625. The van der Waals surface area contributed by atoms with E-state index in [0.717, 1.165) is 13.1 Å². The Bertz CT molecular complexity index is 436. The van der Waals surface area contributed by atoms with Crippen LogP contribution in [0, 0.1) is 13.8 Å². The molecule has 0 aliphatic heterocycles. The number of hydrogen-bond donors (Lipinski definition) is 2. The van der Waals surface area contributed by atoms with Gasteiger partial charge >= 0.3 is 0 Å². The number of rotatable bonds is 6. The molecule has 2 heterocycles. The lowest BCUT2D eigenvalue weighted by atomic mass is 10.3. The molecule has 0 aromatic carbocycles. The topological polar surface area (TPSA) is 39.3 Å². The highest BCUT2D eigenvalue weighted by atomic mass is 35.5. The SMILES string of the molecule is CCCC[n+]1cc[nH]c1C.CCCC[n+]1cc[nH]c1C.[Cl-].[Cl-]. The van der Waals surface area contributed by atoms with Crippen LogP contribution in [0.1, 0.15) is 51.2 Å². The molecule has 0 unspecified atom stereocenters. The van der Waals surface area contributed by atoms with Crippen molar-refractivity contribution >= 4 is 0 Å². The minimum Gasteiger partial charge on any atom is -1.00 e. The third-order valence-electron chi connectivity index (χ3n) is 3.46. The molecule has 128 valence electrons. The normalized spacial score (nSPS) is 9.27. The maximum Gasteiger partial charge on any atom is 0.251 e. The lowest BCUT2D eigenvalue weighted by Crippen LogP contribution is -3.00. The van der Waals surface area contributed by atoms with E-state index in [1.165, 1.54) is 37.3 Å². The number of hydrogen-bond acceptors (Lipinski definition) is 0. The van der Waals surface area contributed by atoms with Gasteiger partial charge in [0, 0.05) is 13.8 Å². The number of imidazole rings is 2. The Labute approximate surface area is 147 Å². The largest absolute Gasteiger partial charge is 1.00 e. The first-order valence-corrected chi connectivity index (χ1v) is 7.75. The van der Waals surface area contributed by atoms with Crippen LogP contribution < -0.4 is 33.9 Å². The molecule has 0 saturated carbocycles. The average Bonchev–Trinajstić information content (AvgIpc) is 3.04. The predicted octanol–water partition coefficient (Wildman–Crippen LogP) is -3.17. The number of H-pyrrole nitrogens is 2. The van der Waals surface area contributed by atoms with Crippen molar-refractivity contribution in [2.75, 3.05) is 0 Å². The monoisotopic (exact) mass is 348 g/mol. The highest BCUT2D eigenvalue weighted by Crippen LogP contribution is 1.89. The van der Waals surface area contributed by atoms with Gasteiger partial charge in [-0.3, -0.25) is 0 Å². The van der Waals surface area contributed by atoms with Crippen LogP contribution in [-0.4, -0.2) is 9.97 Å². The second-order valence-corrected chi connectivity index (χ2v) is 5.18. The van der Waals surface area contributed by atoms with Crippen molar-refractivity contribution < 1.29 is 33.9 Å². The van der Waals surface area contributed by atoms with Crippen molar-refractivity contribution in [2.45, 2.75) is 66.5 Å². The second-order valence-electron chi connectivity index (χ2n) is 5.18. The maximum absolute atomic E-state index is 3.14. The molecule has 0 radical (unpaired) electrons. The maximum atomic E-state index is 3.14. The van der Waals surface area contributed by atoms with Gasteiger partial charge in [0.2, 0.25) is 0 Å². The van der Waals surface area contributed by atoms with E-state index >= 15 is 0 Å². The minimum atomic E-state index is 0. The van der Waals surface area contributed by atoms with Crippen molar-refractivity contribution in [3.63, 3.8) is 0 Å². The van der Waals surface area contributed by atoms with Crippen molar-refractivity contribution in [3.8, 4) is 0 Å². The molecule has 2 N–H and O–H groups in total. The molecule has 0 aliphatic rings. The summed E-state index contributed by atoms with van der Waals surface area (Å²) in [7, 11) is 0. The lowest BCUT2D eigenvalue weighted by Gasteiger charge is -1.93. The summed E-state index contributed by atoms with van der Waals surface area (Å²) in [5.74, 6) is 2.49. The molecule has 0 atom stereocenters. The van der Waals surface area contributed by atoms with Crippen LogP contribution in [-0.2, 0) is 13.1 Å². The Kier molecular flexibility index (Phi) is 14.4. The van der Waals surface area contributed by atoms with Gasteiger partial charge in [-0.15, -0.1) is 0 Å². The van der Waals surface area contributed by atoms with E-state index in [1.54, 1.807) is 0 Å². The van der Waals surface area contributed by atoms with Gasteiger partial charge in [0.15, 0.2) is 0 Å². The Morgan fingerprint density at radius 1 is 0.773 bits per heavy atom. The number of nitrogens with one attached hydrogen (secondary N) is 2. The van der Waals surface area contributed by atoms with Gasteiger partial charge in [0.25, 0.3) is 11.6 Å². The van der Waals surface area contributed by atoms with Crippen molar-refractivity contribution in [1.29, 1.82) is 0 Å². The zero-order valence-electron chi connectivity index (χ0n) is 14.2. The average molecular weight is 349 g/mol. The molecule has 2 aromatic heterocycles. The van der Waals surface area contributed by atoms with Crippen LogP contribution in [0.15, 0.2) is 24.8 Å². The van der Waals surface area contributed by atoms with Gasteiger partial charge in [-0.1, -0.05) is 26.7 Å². The number of aromatic nitrogens is 4. The summed E-state index contributed by atoms with van der Waals surface area (Å²) in [6, 6.07) is 0. The van der Waals surface area contributed by atoms with Gasteiger partial charge in [-0.05, 0) is 12.8 Å². The van der Waals surface area contributed by atoms with Crippen LogP contribution in [0.2, 0.25) is 0 Å². The fourth-order valence-corrected chi connectivity index (χ4v) is 2.03. The van der Waals surface area contributed by atoms with Crippen LogP contribution in [0.4, 0.5) is 0 Å². The van der Waals surface area contributed by atoms with Crippen LogP contribution >= 0.6 is 0 Å². The van der Waals surface area contributed by atoms with Crippen LogP contribution in [0.5, 0.6) is 0 Å². The zero-order chi connectivity index (χ0) is 14.8. The molecule has 6 heteroatoms. The quantitative estimate of drug-likeness (QED) is 0.517. The number of nitrogens with zero attached hydrogens (tertiary/aromatic N) is 2. The molecule has 0 amide bonds. The molecule has 2 aromatic rings. The molecular formula is C16H30Cl2N4. The molecule has 0 saturated heterocycles. The van der Waals surface area contributed by atoms with Gasteiger partial charge in [-0.2, -0.15) is 0 Å². The van der Waals surface area contributed by atoms with Crippen molar-refractivity contribution in [2.24, 2.45) is 0 Å². The first-order chi connectivity index (χ1) is 9.69. The van der Waals surface area contributed by atoms with Gasteiger partial charge < -0.3 is 24.8 Å². The lowest BCUT2D eigenvalue weighted by molar-refractivity contribution is -0.702. The molecule has 4 nitrogen and oxygen atoms in total. The third-order valence-corrected chi connectivity index (χ3v) is 3.46. The summed E-state index contributed by atoms with van der Waals surface area (Å²) in [6.45, 7) is 10.9. The molecule has 0 fully saturated rings.